The van der Waals surface area contributed by atoms with E-state index >= 15 is 0 Å². The summed E-state index contributed by atoms with van der Waals surface area (Å²) in [5.41, 5.74) is 5.90. The first-order valence-corrected chi connectivity index (χ1v) is 48.8. The van der Waals surface area contributed by atoms with Crippen LogP contribution in [0.1, 0.15) is 254 Å². The lowest BCUT2D eigenvalue weighted by Gasteiger charge is -2.17. The molecule has 0 aliphatic heterocycles. The van der Waals surface area contributed by atoms with Crippen molar-refractivity contribution in [2.75, 3.05) is 73.1 Å². The lowest BCUT2D eigenvalue weighted by Crippen LogP contribution is -2.36. The van der Waals surface area contributed by atoms with Crippen molar-refractivity contribution >= 4 is 64.5 Å². The van der Waals surface area contributed by atoms with Gasteiger partial charge in [-0.2, -0.15) is 5.21 Å². The molecule has 0 aliphatic carbocycles. The van der Waals surface area contributed by atoms with E-state index in [1.807, 2.05) is 249 Å². The van der Waals surface area contributed by atoms with Gasteiger partial charge in [0, 0.05) is 199 Å². The number of nitrogens with one attached hydrogen (secondary N) is 11. The lowest BCUT2D eigenvalue weighted by molar-refractivity contribution is -0.129. The summed E-state index contributed by atoms with van der Waals surface area (Å²) in [5, 5.41) is 50.7. The molecule has 0 atom stereocenters. The van der Waals surface area contributed by atoms with Gasteiger partial charge in [0.05, 0.1) is 14.2 Å². The normalized spacial score (nSPS) is 11.2. The molecule has 784 valence electrons. The van der Waals surface area contributed by atoms with Crippen molar-refractivity contribution in [3.8, 4) is 17.6 Å². The molecule has 2 aromatic carbocycles. The molecular weight excluding hydrogens is 1820 g/mol. The van der Waals surface area contributed by atoms with Crippen molar-refractivity contribution in [3.63, 3.8) is 0 Å². The molecule has 7 heterocycles. The Bertz CT molecular complexity index is 5110. The standard InChI is InChI=1S/C14H21NO2.C14H21NO.C13H20N2O2.C12H19N3O2.C12H19N3O.C11H17N3O2.C11H17N3O.C11H17NOS.C8H15N5O/c1-10-9-11(5-6-12(10)16)7-8-15-13(17)14(2,3)4;1-11-6-5-7-12(10-11)8-9-15-13(16)14(2,3)4;1-13(2,3)12(16)14-8-7-10-5-6-11(17-4)15-9-10;1-12(2,3)10(16)13-7-5-9-6-8-14-11(15-9)17-4;1-9-13-7-5-10(15-9)6-8-14-11(16)12(2,3)4;1-11(2,3)9(15)12-5-4-8-6-13-10(16)14-7-8;1-11(2,3)10(15)13-7-5-9-4-6-12-8-14-9;1-11(2,3)10(13)12-7-6-9-5-4-8-14-9;1-8(2,3)7(14)9-5-4-6-10-12-13-11-6/h5-6,9,16H,7-8H2,1-4H3,(H,15,17);5-7,10H,8-9H2,1-4H3,(H,15,16);5-6,9H,7-8H2,1-4H3,(H,14,16);6,8H,5,7H2,1-4H3,(H,13,16);5,7H,6,8H2,1-4H3,(H,14,16);6-7H,4-5H2,1-3H3,(H,12,15)(H,13,14,16);4,6,8H,5,7H2,1-3H3,(H,13,15);4-5,8H,6-7H2,1-3H3,(H,12,13);4-5H2,1-3H3,(H,9,14)(H,10,11,12,13). The maximum absolute atomic E-state index is 11.6. The van der Waals surface area contributed by atoms with Crippen LogP contribution < -0.4 is 63.0 Å². The first-order chi connectivity index (χ1) is 65.8. The van der Waals surface area contributed by atoms with Gasteiger partial charge in [-0.3, -0.25) is 43.2 Å². The number of rotatable bonds is 29. The third-order valence-electron chi connectivity index (χ3n) is 19.6. The summed E-state index contributed by atoms with van der Waals surface area (Å²) in [5.74, 6) is 2.87. The molecule has 0 saturated carbocycles. The van der Waals surface area contributed by atoms with Crippen LogP contribution in [-0.4, -0.2) is 197 Å². The van der Waals surface area contributed by atoms with E-state index < -0.39 is 0 Å². The molecule has 0 aliphatic rings. The molecule has 36 heteroatoms. The van der Waals surface area contributed by atoms with E-state index in [1.54, 1.807) is 55.5 Å². The second-order valence-electron chi connectivity index (χ2n) is 42.8. The minimum Gasteiger partial charge on any atom is -0.508 e. The average molecular weight is 1990 g/mol. The van der Waals surface area contributed by atoms with Crippen LogP contribution in [0.2, 0.25) is 0 Å². The predicted octanol–water partition coefficient (Wildman–Crippen LogP) is 13.6. The number of phenols is 1. The Morgan fingerprint density at radius 1 is 0.373 bits per heavy atom. The van der Waals surface area contributed by atoms with E-state index in [9.17, 15) is 53.1 Å². The Hall–Kier alpha value is -12.9. The average Bonchev–Trinajstić information content (AvgIpc) is 1.04. The fourth-order valence-electron chi connectivity index (χ4n) is 10.6. The number of nitrogens with zero attached hydrogens (tertiary/aromatic N) is 11. The molecule has 142 heavy (non-hydrogen) atoms. The van der Waals surface area contributed by atoms with Crippen LogP contribution in [0.5, 0.6) is 17.6 Å². The second kappa shape index (κ2) is 63.1. The van der Waals surface area contributed by atoms with E-state index in [0.717, 1.165) is 90.2 Å². The van der Waals surface area contributed by atoms with Gasteiger partial charge in [0.15, 0.2) is 5.82 Å². The number of H-pyrrole nitrogens is 2. The Kier molecular flexibility index (Phi) is 56.5. The number of amides is 9. The number of aryl methyl sites for hydroxylation is 3. The number of phenolic OH excluding ortho intramolecular Hbond substituents is 1. The maximum atomic E-state index is 11.6. The monoisotopic (exact) mass is 1990 g/mol. The maximum Gasteiger partial charge on any atom is 0.344 e. The van der Waals surface area contributed by atoms with Crippen LogP contribution >= 0.6 is 11.3 Å². The van der Waals surface area contributed by atoms with Crippen LogP contribution in [0.4, 0.5) is 0 Å². The van der Waals surface area contributed by atoms with Crippen molar-refractivity contribution in [2.45, 2.75) is 265 Å². The topological polar surface area (TPSA) is 491 Å². The summed E-state index contributed by atoms with van der Waals surface area (Å²) in [6.07, 6.45) is 18.3. The summed E-state index contributed by atoms with van der Waals surface area (Å²) in [7, 11) is 3.12. The van der Waals surface area contributed by atoms with E-state index in [0.29, 0.717) is 95.1 Å². The van der Waals surface area contributed by atoms with Gasteiger partial charge in [-0.25, -0.2) is 44.7 Å². The van der Waals surface area contributed by atoms with Gasteiger partial charge < -0.3 is 67.4 Å². The summed E-state index contributed by atoms with van der Waals surface area (Å²) in [6.45, 7) is 62.6. The van der Waals surface area contributed by atoms with E-state index in [-0.39, 0.29) is 108 Å². The van der Waals surface area contributed by atoms with Crippen LogP contribution in [0.3, 0.4) is 0 Å². The molecule has 0 spiro atoms. The van der Waals surface area contributed by atoms with Crippen LogP contribution in [-0.2, 0) is 101 Å². The summed E-state index contributed by atoms with van der Waals surface area (Å²) >= 11 is 1.73. The molecule has 0 bridgehead atoms. The van der Waals surface area contributed by atoms with Crippen molar-refractivity contribution in [2.24, 2.45) is 48.7 Å². The van der Waals surface area contributed by atoms with Crippen LogP contribution in [0.25, 0.3) is 0 Å². The molecule has 0 saturated heterocycles. The highest BCUT2D eigenvalue weighted by atomic mass is 32.1. The van der Waals surface area contributed by atoms with Gasteiger partial charge in [-0.05, 0) is 116 Å². The SMILES string of the molecule is CC(C)(C)C(=O)NCCc1cccs1.CC(C)(C)C(=O)NCCc1ccncn1.CC(C)(C)C(=O)NCCc1cnc(=O)[nH]c1.CC(C)(C)C(=O)NCCc1nn[nH]n1.COc1ccc(CCNC(=O)C(C)(C)C)cn1.COc1nccc(CCNC(=O)C(C)(C)C)n1.Cc1cc(CCNC(=O)C(C)(C)C)ccc1O.Cc1cccc(CCNC(=O)C(C)(C)C)c1.Cc1nccc(CCNC(=O)C(C)(C)C)n1. The molecular formula is C106H166N22O13S. The number of aromatic nitrogens is 13. The molecule has 12 N–H and O–H groups in total. The van der Waals surface area contributed by atoms with Gasteiger partial charge >= 0.3 is 11.7 Å². The smallest absolute Gasteiger partial charge is 0.344 e. The molecule has 9 rings (SSSR count). The number of benzene rings is 2. The van der Waals surface area contributed by atoms with E-state index in [4.69, 9.17) is 9.47 Å². The highest BCUT2D eigenvalue weighted by Crippen LogP contribution is 2.22. The molecule has 0 unspecified atom stereocenters. The molecule has 35 nitrogen and oxygen atoms in total. The Morgan fingerprint density at radius 3 is 1.12 bits per heavy atom. The van der Waals surface area contributed by atoms with E-state index in [1.165, 1.54) is 35.6 Å². The van der Waals surface area contributed by atoms with Crippen molar-refractivity contribution < 1.29 is 57.7 Å². The number of hydrogen-bond donors (Lipinski definition) is 12. The van der Waals surface area contributed by atoms with Crippen molar-refractivity contribution in [1.29, 1.82) is 0 Å². The summed E-state index contributed by atoms with van der Waals surface area (Å²) in [6, 6.07) is 27.7. The number of aromatic hydroxyl groups is 1. The quantitative estimate of drug-likeness (QED) is 0.0207. The number of aromatic amines is 2. The zero-order chi connectivity index (χ0) is 108. The third kappa shape index (κ3) is 59.6. The number of methoxy groups -OCH3 is 2. The number of thiophene rings is 1. The molecule has 7 aromatic heterocycles. The minimum absolute atomic E-state index is 0.0184. The largest absolute Gasteiger partial charge is 0.508 e. The second-order valence-corrected chi connectivity index (χ2v) is 43.8. The molecule has 0 fully saturated rings. The number of pyridine rings is 1. The highest BCUT2D eigenvalue weighted by Gasteiger charge is 2.27. The van der Waals surface area contributed by atoms with E-state index in [2.05, 4.69) is 156 Å². The number of hydrogen-bond acceptors (Lipinski definition) is 25. The van der Waals surface area contributed by atoms with Gasteiger partial charge in [0.2, 0.25) is 59.0 Å². The first kappa shape index (κ1) is 127. The third-order valence-corrected chi connectivity index (χ3v) is 20.6. The van der Waals surface area contributed by atoms with Crippen LogP contribution in [0, 0.1) is 69.5 Å². The summed E-state index contributed by atoms with van der Waals surface area (Å²) in [4.78, 5) is 150. The minimum atomic E-state index is -0.372. The summed E-state index contributed by atoms with van der Waals surface area (Å²) < 4.78 is 9.90. The fraction of sp³-hybridized carbons (Fsp3) is 0.557. The van der Waals surface area contributed by atoms with Crippen molar-refractivity contribution in [3.05, 3.63) is 211 Å². The number of tetrazole rings is 1. The number of ether oxygens (including phenoxy) is 2. The predicted molar refractivity (Wildman–Crippen MR) is 561 cm³/mol. The Labute approximate surface area is 847 Å². The zero-order valence-corrected chi connectivity index (χ0v) is 91.4. The Balaban J connectivity index is 0.000000799. The number of carbonyl (C=O) groups excluding carboxylic acids is 9. The highest BCUT2D eigenvalue weighted by molar-refractivity contribution is 7.09. The van der Waals surface area contributed by atoms with Gasteiger partial charge in [-0.15, -0.1) is 21.5 Å². The molecule has 9 aromatic rings. The van der Waals surface area contributed by atoms with Gasteiger partial charge in [-0.1, -0.05) is 246 Å². The van der Waals surface area contributed by atoms with Gasteiger partial charge in [0.1, 0.15) is 17.9 Å². The first-order valence-electron chi connectivity index (χ1n) is 47.9. The number of carbonyl (C=O) groups is 9. The Morgan fingerprint density at radius 2 is 0.761 bits per heavy atom. The zero-order valence-electron chi connectivity index (χ0n) is 90.6. The van der Waals surface area contributed by atoms with Gasteiger partial charge in [0.25, 0.3) is 0 Å². The molecule has 0 radical (unpaired) electrons. The lowest BCUT2D eigenvalue weighted by atomic mass is 9.95. The van der Waals surface area contributed by atoms with Crippen LogP contribution in [0.15, 0.2) is 139 Å². The van der Waals surface area contributed by atoms with Crippen molar-refractivity contribution in [1.82, 2.24) is 113 Å². The molecule has 9 amide bonds. The fourth-order valence-corrected chi connectivity index (χ4v) is 11.3.